The van der Waals surface area contributed by atoms with Crippen LogP contribution in [0.4, 0.5) is 8.78 Å². The van der Waals surface area contributed by atoms with E-state index in [9.17, 15) is 13.6 Å². The zero-order valence-corrected chi connectivity index (χ0v) is 18.2. The predicted molar refractivity (Wildman–Crippen MR) is 115 cm³/mol. The number of rotatable bonds is 5. The summed E-state index contributed by atoms with van der Waals surface area (Å²) in [6, 6.07) is 10.4. The van der Waals surface area contributed by atoms with Crippen LogP contribution in [0.5, 0.6) is 0 Å². The second-order valence-corrected chi connectivity index (χ2v) is 8.47. The molecule has 1 aromatic carbocycles. The Balaban J connectivity index is 1.72. The lowest BCUT2D eigenvalue weighted by Crippen LogP contribution is -2.38. The number of benzene rings is 1. The topological polar surface area (TPSA) is 55.6 Å². The number of fused-ring (bicyclic) bond motifs is 1. The summed E-state index contributed by atoms with van der Waals surface area (Å²) < 4.78 is 35.9. The van der Waals surface area contributed by atoms with Gasteiger partial charge in [0.15, 0.2) is 0 Å². The molecule has 1 fully saturated rings. The van der Waals surface area contributed by atoms with Crippen molar-refractivity contribution in [2.45, 2.75) is 45.1 Å². The number of alkyl halides is 2. The highest BCUT2D eigenvalue weighted by Gasteiger charge is 2.33. The number of halogens is 3. The van der Waals surface area contributed by atoms with Crippen molar-refractivity contribution in [1.29, 1.82) is 0 Å². The van der Waals surface area contributed by atoms with Crippen molar-refractivity contribution in [2.75, 3.05) is 13.2 Å². The maximum absolute atomic E-state index is 14.4. The lowest BCUT2D eigenvalue weighted by atomic mass is 10.1. The van der Waals surface area contributed by atoms with Gasteiger partial charge in [0.25, 0.3) is 11.8 Å². The summed E-state index contributed by atoms with van der Waals surface area (Å²) in [6.45, 7) is 3.87. The molecule has 3 heterocycles. The zero-order valence-electron chi connectivity index (χ0n) is 17.4. The van der Waals surface area contributed by atoms with Crippen LogP contribution in [0, 0.1) is 6.92 Å². The SMILES string of the molecule is Cc1cc(C(=O)NC2CCOCC2)cc2nc(C(C)(F)F)c(Cc3ccc(Cl)cc3)n12. The van der Waals surface area contributed by atoms with E-state index in [-0.39, 0.29) is 24.1 Å². The van der Waals surface area contributed by atoms with Crippen LogP contribution in [0.1, 0.15) is 52.8 Å². The van der Waals surface area contributed by atoms with E-state index in [1.165, 1.54) is 0 Å². The van der Waals surface area contributed by atoms with E-state index in [0.717, 1.165) is 25.3 Å². The number of aromatic nitrogens is 2. The average molecular weight is 448 g/mol. The third-order valence-electron chi connectivity index (χ3n) is 5.52. The van der Waals surface area contributed by atoms with Gasteiger partial charge in [-0.2, -0.15) is 8.78 Å². The van der Waals surface area contributed by atoms with Gasteiger partial charge in [-0.1, -0.05) is 23.7 Å². The van der Waals surface area contributed by atoms with E-state index in [0.29, 0.717) is 40.8 Å². The number of aryl methyl sites for hydroxylation is 1. The molecule has 2 aromatic heterocycles. The minimum atomic E-state index is -3.12. The van der Waals surface area contributed by atoms with Gasteiger partial charge >= 0.3 is 0 Å². The molecule has 31 heavy (non-hydrogen) atoms. The van der Waals surface area contributed by atoms with Crippen molar-refractivity contribution in [1.82, 2.24) is 14.7 Å². The van der Waals surface area contributed by atoms with Crippen LogP contribution in [-0.2, 0) is 17.1 Å². The highest BCUT2D eigenvalue weighted by molar-refractivity contribution is 6.30. The van der Waals surface area contributed by atoms with Crippen LogP contribution in [0.2, 0.25) is 5.02 Å². The van der Waals surface area contributed by atoms with Crippen LogP contribution in [0.3, 0.4) is 0 Å². The van der Waals surface area contributed by atoms with Gasteiger partial charge < -0.3 is 14.5 Å². The summed E-state index contributed by atoms with van der Waals surface area (Å²) in [5, 5.41) is 3.59. The Hall–Kier alpha value is -2.51. The first-order chi connectivity index (χ1) is 14.7. The quantitative estimate of drug-likeness (QED) is 0.604. The van der Waals surface area contributed by atoms with Gasteiger partial charge in [-0.15, -0.1) is 0 Å². The molecule has 0 unspecified atom stereocenters. The molecule has 0 radical (unpaired) electrons. The van der Waals surface area contributed by atoms with Crippen molar-refractivity contribution >= 4 is 23.2 Å². The van der Waals surface area contributed by atoms with Crippen LogP contribution >= 0.6 is 11.6 Å². The number of pyridine rings is 1. The molecular weight excluding hydrogens is 424 g/mol. The number of hydrogen-bond donors (Lipinski definition) is 1. The highest BCUT2D eigenvalue weighted by Crippen LogP contribution is 2.32. The number of ether oxygens (including phenoxy) is 1. The van der Waals surface area contributed by atoms with Crippen molar-refractivity contribution in [3.8, 4) is 0 Å². The van der Waals surface area contributed by atoms with Gasteiger partial charge in [-0.25, -0.2) is 4.98 Å². The third-order valence-corrected chi connectivity index (χ3v) is 5.77. The second kappa shape index (κ2) is 8.55. The number of nitrogens with one attached hydrogen (secondary N) is 1. The molecule has 1 aliphatic rings. The third kappa shape index (κ3) is 4.72. The van der Waals surface area contributed by atoms with Gasteiger partial charge in [0.2, 0.25) is 0 Å². The van der Waals surface area contributed by atoms with E-state index < -0.39 is 5.92 Å². The van der Waals surface area contributed by atoms with E-state index in [4.69, 9.17) is 16.3 Å². The minimum Gasteiger partial charge on any atom is -0.381 e. The summed E-state index contributed by atoms with van der Waals surface area (Å²) in [4.78, 5) is 17.0. The first kappa shape index (κ1) is 21.7. The summed E-state index contributed by atoms with van der Waals surface area (Å²) in [7, 11) is 0. The summed E-state index contributed by atoms with van der Waals surface area (Å²) in [5.41, 5.74) is 2.37. The first-order valence-electron chi connectivity index (χ1n) is 10.3. The fourth-order valence-corrected chi connectivity index (χ4v) is 4.11. The van der Waals surface area contributed by atoms with Gasteiger partial charge in [-0.3, -0.25) is 4.79 Å². The maximum Gasteiger partial charge on any atom is 0.288 e. The van der Waals surface area contributed by atoms with Crippen LogP contribution in [0.25, 0.3) is 5.65 Å². The van der Waals surface area contributed by atoms with Crippen LogP contribution in [0.15, 0.2) is 36.4 Å². The van der Waals surface area contributed by atoms with Crippen molar-refractivity contribution in [3.05, 3.63) is 69.6 Å². The standard InChI is InChI=1S/C23H24ClF2N3O2/c1-14-11-16(22(30)27-18-7-9-31-10-8-18)13-20-28-21(23(2,25)26)19(29(14)20)12-15-3-5-17(24)6-4-15/h3-6,11,13,18H,7-10,12H2,1-2H3,(H,27,30). The average Bonchev–Trinajstić information content (AvgIpc) is 3.10. The van der Waals surface area contributed by atoms with Gasteiger partial charge in [0, 0.05) is 48.9 Å². The summed E-state index contributed by atoms with van der Waals surface area (Å²) in [5.74, 6) is -3.35. The molecule has 0 aliphatic carbocycles. The highest BCUT2D eigenvalue weighted by atomic mass is 35.5. The smallest absolute Gasteiger partial charge is 0.288 e. The molecule has 0 bridgehead atoms. The molecule has 0 atom stereocenters. The molecule has 164 valence electrons. The van der Waals surface area contributed by atoms with E-state index in [1.54, 1.807) is 35.6 Å². The fourth-order valence-electron chi connectivity index (χ4n) is 3.99. The fraction of sp³-hybridized carbons (Fsp3) is 0.391. The van der Waals surface area contributed by atoms with E-state index in [2.05, 4.69) is 10.3 Å². The molecule has 8 heteroatoms. The normalized spacial score (nSPS) is 15.4. The lowest BCUT2D eigenvalue weighted by molar-refractivity contribution is 0.0124. The van der Waals surface area contributed by atoms with Gasteiger partial charge in [0.05, 0.1) is 5.69 Å². The number of carbonyl (C=O) groups is 1. The molecule has 1 amide bonds. The number of carbonyl (C=O) groups excluding carboxylic acids is 1. The van der Waals surface area contributed by atoms with Crippen molar-refractivity contribution in [3.63, 3.8) is 0 Å². The number of amides is 1. The Morgan fingerprint density at radius 1 is 1.26 bits per heavy atom. The number of nitrogens with zero attached hydrogens (tertiary/aromatic N) is 2. The van der Waals surface area contributed by atoms with Crippen molar-refractivity contribution < 1.29 is 18.3 Å². The zero-order chi connectivity index (χ0) is 22.2. The van der Waals surface area contributed by atoms with Crippen LogP contribution in [-0.4, -0.2) is 34.5 Å². The molecule has 4 rings (SSSR count). The molecule has 5 nitrogen and oxygen atoms in total. The number of hydrogen-bond acceptors (Lipinski definition) is 3. The largest absolute Gasteiger partial charge is 0.381 e. The first-order valence-corrected chi connectivity index (χ1v) is 10.6. The Kier molecular flexibility index (Phi) is 5.99. The van der Waals surface area contributed by atoms with Crippen LogP contribution < -0.4 is 5.32 Å². The number of imidazole rings is 1. The van der Waals surface area contributed by atoms with Gasteiger partial charge in [0.1, 0.15) is 11.3 Å². The monoisotopic (exact) mass is 447 g/mol. The van der Waals surface area contributed by atoms with E-state index >= 15 is 0 Å². The maximum atomic E-state index is 14.4. The summed E-state index contributed by atoms with van der Waals surface area (Å²) in [6.07, 6.45) is 1.78. The molecule has 1 N–H and O–H groups in total. The Morgan fingerprint density at radius 3 is 2.58 bits per heavy atom. The molecule has 3 aromatic rings. The molecule has 0 saturated carbocycles. The second-order valence-electron chi connectivity index (χ2n) is 8.04. The van der Waals surface area contributed by atoms with E-state index in [1.807, 2.05) is 12.1 Å². The Labute approximate surface area is 184 Å². The minimum absolute atomic E-state index is 0.0496. The Morgan fingerprint density at radius 2 is 1.94 bits per heavy atom. The molecule has 0 spiro atoms. The molecular formula is C23H24ClF2N3O2. The molecule has 1 aliphatic heterocycles. The lowest BCUT2D eigenvalue weighted by Gasteiger charge is -2.23. The summed E-state index contributed by atoms with van der Waals surface area (Å²) >= 11 is 5.95. The molecule has 1 saturated heterocycles. The van der Waals surface area contributed by atoms with Gasteiger partial charge in [-0.05, 0) is 49.6 Å². The Bertz CT molecular complexity index is 1100. The van der Waals surface area contributed by atoms with Crippen molar-refractivity contribution in [2.24, 2.45) is 0 Å². The predicted octanol–water partition coefficient (Wildman–Crippen LogP) is 4.91.